The van der Waals surface area contributed by atoms with Crippen molar-refractivity contribution in [2.75, 3.05) is 19.8 Å². The van der Waals surface area contributed by atoms with E-state index >= 15 is 0 Å². The van der Waals surface area contributed by atoms with Crippen LogP contribution in [-0.4, -0.2) is 99.4 Å². The monoisotopic (exact) mass is 880 g/mol. The van der Waals surface area contributed by atoms with Gasteiger partial charge in [0.15, 0.2) is 23.3 Å². The van der Waals surface area contributed by atoms with Gasteiger partial charge in [0.05, 0.1) is 39.4 Å². The molecule has 3 saturated heterocycles. The van der Waals surface area contributed by atoms with Crippen molar-refractivity contribution < 1.29 is 41.4 Å². The fourth-order valence-electron chi connectivity index (χ4n) is 8.78. The Hall–Kier alpha value is -2.91. The average molecular weight is 882 g/mol. The maximum atomic E-state index is 7.62. The summed E-state index contributed by atoms with van der Waals surface area (Å²) in [6.45, 7) is 23.0. The minimum Gasteiger partial charge on any atom is -0.414 e. The molecule has 0 N–H and O–H groups in total. The highest BCUT2D eigenvalue weighted by Crippen LogP contribution is 2.50. The Morgan fingerprint density at radius 3 is 2.08 bits per heavy atom. The molecule has 2 aromatic carbocycles. The molecule has 0 radical (unpaired) electrons. The van der Waals surface area contributed by atoms with Crippen LogP contribution >= 0.6 is 11.6 Å². The molecule has 3 aliphatic heterocycles. The third-order valence-electron chi connectivity index (χ3n) is 11.8. The van der Waals surface area contributed by atoms with E-state index in [-0.39, 0.29) is 47.1 Å². The standard InChI is InChI=1S/C44H61ClN4O9Si2/c1-10-21-51-40-37(52-23-33-19-15-12-16-20-33)34(24-50-22-32-17-13-11-14-18-32)55-44(40)56-39-38-35(54-43(39)49-27-48-36-41(45)46-26-47-42(36)49)25-53-59(28(2)3,29(4)5)58-60(57-38,30(6)7)31(8)9/h10-20,26-31,34-35,37-40,43-44H,1,21-25H2,2-9H3/t34?,35-,37?,38+,39?,40?,43-,44+/m1/s1. The molecule has 326 valence electrons. The van der Waals surface area contributed by atoms with Gasteiger partial charge in [-0.05, 0) is 33.3 Å². The van der Waals surface area contributed by atoms with Gasteiger partial charge in [-0.25, -0.2) is 15.0 Å². The lowest BCUT2D eigenvalue weighted by molar-refractivity contribution is -0.226. The number of benzene rings is 2. The minimum absolute atomic E-state index is 0.0675. The second-order valence-electron chi connectivity index (χ2n) is 17.1. The van der Waals surface area contributed by atoms with Crippen molar-refractivity contribution in [2.45, 2.75) is 140 Å². The fourth-order valence-corrected chi connectivity index (χ4v) is 20.2. The van der Waals surface area contributed by atoms with E-state index in [4.69, 9.17) is 53.0 Å². The lowest BCUT2D eigenvalue weighted by atomic mass is 10.1. The summed E-state index contributed by atoms with van der Waals surface area (Å²) in [6.07, 6.45) is -0.741. The Bertz CT molecular complexity index is 1980. The van der Waals surface area contributed by atoms with Gasteiger partial charge in [-0.1, -0.05) is 134 Å². The molecule has 0 spiro atoms. The van der Waals surface area contributed by atoms with E-state index < -0.39 is 66.3 Å². The maximum Gasteiger partial charge on any atom is 0.335 e. The largest absolute Gasteiger partial charge is 0.414 e. The molecule has 5 heterocycles. The number of fused-ring (bicyclic) bond motifs is 2. The molecule has 16 heteroatoms. The van der Waals surface area contributed by atoms with Gasteiger partial charge >= 0.3 is 17.1 Å². The van der Waals surface area contributed by atoms with Crippen LogP contribution in [0.25, 0.3) is 11.2 Å². The van der Waals surface area contributed by atoms with Crippen LogP contribution in [0.3, 0.4) is 0 Å². The number of rotatable bonds is 17. The quantitative estimate of drug-likeness (QED) is 0.0572. The number of ether oxygens (including phenoxy) is 6. The van der Waals surface area contributed by atoms with Crippen molar-refractivity contribution >= 4 is 39.9 Å². The smallest absolute Gasteiger partial charge is 0.335 e. The average Bonchev–Trinajstić information content (AvgIpc) is 3.90. The van der Waals surface area contributed by atoms with Gasteiger partial charge in [0.25, 0.3) is 0 Å². The number of halogens is 1. The Labute approximate surface area is 361 Å². The van der Waals surface area contributed by atoms with Gasteiger partial charge in [-0.2, -0.15) is 0 Å². The van der Waals surface area contributed by atoms with E-state index in [1.54, 1.807) is 12.4 Å². The molecule has 0 saturated carbocycles. The van der Waals surface area contributed by atoms with Crippen molar-refractivity contribution in [3.63, 3.8) is 0 Å². The molecule has 0 aliphatic carbocycles. The van der Waals surface area contributed by atoms with E-state index in [2.05, 4.69) is 76.9 Å². The summed E-state index contributed by atoms with van der Waals surface area (Å²) in [6, 6.07) is 20.1. The van der Waals surface area contributed by atoms with Crippen LogP contribution in [0, 0.1) is 0 Å². The highest BCUT2D eigenvalue weighted by Gasteiger charge is 2.63. The van der Waals surface area contributed by atoms with Gasteiger partial charge in [0.2, 0.25) is 0 Å². The molecule has 8 atom stereocenters. The number of aromatic nitrogens is 4. The zero-order valence-electron chi connectivity index (χ0n) is 36.0. The first-order chi connectivity index (χ1) is 28.9. The summed E-state index contributed by atoms with van der Waals surface area (Å²) in [5.74, 6) is 0. The Balaban J connectivity index is 1.28. The lowest BCUT2D eigenvalue weighted by Crippen LogP contribution is -2.66. The Kier molecular flexibility index (Phi) is 14.8. The van der Waals surface area contributed by atoms with Gasteiger partial charge in [0, 0.05) is 0 Å². The second kappa shape index (κ2) is 19.6. The normalized spacial score (nSPS) is 27.8. The van der Waals surface area contributed by atoms with Gasteiger partial charge in [-0.15, -0.1) is 6.58 Å². The summed E-state index contributed by atoms with van der Waals surface area (Å²) in [5, 5.41) is 0.234. The first-order valence-corrected chi connectivity index (χ1v) is 25.5. The molecular weight excluding hydrogens is 820 g/mol. The molecule has 3 aliphatic rings. The molecule has 7 rings (SSSR count). The van der Waals surface area contributed by atoms with Crippen molar-refractivity contribution in [3.8, 4) is 0 Å². The topological polar surface area (TPSA) is 127 Å². The first kappa shape index (κ1) is 45.1. The summed E-state index contributed by atoms with van der Waals surface area (Å²) >= 11 is 6.55. The summed E-state index contributed by atoms with van der Waals surface area (Å²) < 4.78 is 64.9. The summed E-state index contributed by atoms with van der Waals surface area (Å²) in [4.78, 5) is 13.4. The van der Waals surface area contributed by atoms with Crippen LogP contribution < -0.4 is 0 Å². The fraction of sp³-hybridized carbons (Fsp3) is 0.568. The lowest BCUT2D eigenvalue weighted by Gasteiger charge is -2.51. The minimum atomic E-state index is -3.13. The molecule has 4 aromatic rings. The third-order valence-corrected chi connectivity index (χ3v) is 22.4. The molecule has 2 aromatic heterocycles. The zero-order valence-corrected chi connectivity index (χ0v) is 38.8. The van der Waals surface area contributed by atoms with Crippen molar-refractivity contribution in [2.24, 2.45) is 0 Å². The number of nitrogens with zero attached hydrogens (tertiary/aromatic N) is 4. The Morgan fingerprint density at radius 1 is 0.800 bits per heavy atom. The maximum absolute atomic E-state index is 7.62. The molecule has 13 nitrogen and oxygen atoms in total. The molecule has 0 amide bonds. The van der Waals surface area contributed by atoms with Crippen LogP contribution in [0.1, 0.15) is 72.7 Å². The molecule has 3 fully saturated rings. The second-order valence-corrected chi connectivity index (χ2v) is 26.3. The van der Waals surface area contributed by atoms with E-state index in [0.717, 1.165) is 11.1 Å². The highest BCUT2D eigenvalue weighted by molar-refractivity contribution is 6.84. The van der Waals surface area contributed by atoms with Crippen LogP contribution in [0.4, 0.5) is 0 Å². The van der Waals surface area contributed by atoms with Crippen LogP contribution in [0.2, 0.25) is 27.3 Å². The van der Waals surface area contributed by atoms with Crippen LogP contribution in [-0.2, 0) is 54.6 Å². The van der Waals surface area contributed by atoms with Crippen LogP contribution in [0.15, 0.2) is 86.0 Å². The number of hydrogen-bond donors (Lipinski definition) is 0. The van der Waals surface area contributed by atoms with Gasteiger partial charge < -0.3 is 41.4 Å². The van der Waals surface area contributed by atoms with Crippen LogP contribution in [0.5, 0.6) is 0 Å². The van der Waals surface area contributed by atoms with E-state index in [0.29, 0.717) is 24.4 Å². The predicted octanol–water partition coefficient (Wildman–Crippen LogP) is 8.82. The molecule has 60 heavy (non-hydrogen) atoms. The number of hydrogen-bond acceptors (Lipinski definition) is 12. The SMILES string of the molecule is C=CCOC1C(OCc2ccccc2)C(COCc2ccccc2)O[C@H]1OC1[C@H]2O[Si](C(C)C)(C(C)C)O[Si](C(C)C)(C(C)C)OC[C@H]2O[C@H]1n1cnc2c(Cl)ncnc21. The van der Waals surface area contributed by atoms with Gasteiger partial charge in [0.1, 0.15) is 48.5 Å². The molecule has 0 bridgehead atoms. The van der Waals surface area contributed by atoms with Crippen molar-refractivity contribution in [1.29, 1.82) is 0 Å². The Morgan fingerprint density at radius 2 is 1.45 bits per heavy atom. The van der Waals surface area contributed by atoms with E-state index in [1.165, 1.54) is 6.33 Å². The summed E-state index contributed by atoms with van der Waals surface area (Å²) in [5.41, 5.74) is 3.45. The number of imidazole rings is 1. The predicted molar refractivity (Wildman–Crippen MR) is 233 cm³/mol. The zero-order chi connectivity index (χ0) is 42.6. The van der Waals surface area contributed by atoms with Crippen molar-refractivity contribution in [3.05, 3.63) is 102 Å². The molecule has 4 unspecified atom stereocenters. The van der Waals surface area contributed by atoms with E-state index in [1.807, 2.05) is 65.2 Å². The van der Waals surface area contributed by atoms with Crippen molar-refractivity contribution in [1.82, 2.24) is 19.5 Å². The molecular formula is C44H61ClN4O9Si2. The van der Waals surface area contributed by atoms with E-state index in [9.17, 15) is 0 Å². The summed E-state index contributed by atoms with van der Waals surface area (Å²) in [7, 11) is -6.01. The third kappa shape index (κ3) is 9.24. The van der Waals surface area contributed by atoms with Gasteiger partial charge in [-0.3, -0.25) is 4.57 Å². The highest BCUT2D eigenvalue weighted by atomic mass is 35.5. The first-order valence-electron chi connectivity index (χ1n) is 21.2.